The van der Waals surface area contributed by atoms with Crippen LogP contribution in [0.25, 0.3) is 0 Å². The number of likely N-dealkylation sites (N-methyl/N-ethyl adjacent to an activating group) is 1. The number of thiol groups is 1. The fourth-order valence-corrected chi connectivity index (χ4v) is 1.35. The maximum Gasteiger partial charge on any atom is 0.157 e. The lowest BCUT2D eigenvalue weighted by Gasteiger charge is -2.06. The van der Waals surface area contributed by atoms with Gasteiger partial charge in [0.25, 0.3) is 0 Å². The predicted octanol–water partition coefficient (Wildman–Crippen LogP) is 2.36. The van der Waals surface area contributed by atoms with Gasteiger partial charge in [0.15, 0.2) is 5.03 Å². The lowest BCUT2D eigenvalue weighted by atomic mass is 10.2. The summed E-state index contributed by atoms with van der Waals surface area (Å²) in [6.45, 7) is 0. The molecule has 4 nitrogen and oxygen atoms in total. The van der Waals surface area contributed by atoms with Crippen molar-refractivity contribution in [1.82, 2.24) is 10.3 Å². The van der Waals surface area contributed by atoms with E-state index in [1.54, 1.807) is 19.3 Å². The summed E-state index contributed by atoms with van der Waals surface area (Å²) in [5.41, 5.74) is 1.58. The zero-order valence-corrected chi connectivity index (χ0v) is 9.72. The van der Waals surface area contributed by atoms with Crippen LogP contribution < -0.4 is 5.32 Å². The van der Waals surface area contributed by atoms with Crippen LogP contribution in [0.2, 0.25) is 5.15 Å². The summed E-state index contributed by atoms with van der Waals surface area (Å²) in [5, 5.41) is 6.21. The largest absolute Gasteiger partial charge is 0.389 e. The third-order valence-corrected chi connectivity index (χ3v) is 2.40. The number of hydrogen-bond donors (Lipinski definition) is 2. The van der Waals surface area contributed by atoms with E-state index in [0.717, 1.165) is 5.56 Å². The Bertz CT molecular complexity index is 377. The molecule has 15 heavy (non-hydrogen) atoms. The van der Waals surface area contributed by atoms with Crippen LogP contribution in [0.15, 0.2) is 34.2 Å². The van der Waals surface area contributed by atoms with E-state index in [2.05, 4.69) is 28.1 Å². The molecule has 0 atom stereocenters. The summed E-state index contributed by atoms with van der Waals surface area (Å²) in [5.74, 6) is 0. The average Bonchev–Trinajstić information content (AvgIpc) is 2.27. The molecule has 1 aromatic heterocycles. The number of aromatic nitrogens is 1. The van der Waals surface area contributed by atoms with Gasteiger partial charge >= 0.3 is 0 Å². The zero-order valence-electron chi connectivity index (χ0n) is 8.07. The summed E-state index contributed by atoms with van der Waals surface area (Å²) in [6.07, 6.45) is 2.16. The van der Waals surface area contributed by atoms with Crippen molar-refractivity contribution in [3.63, 3.8) is 0 Å². The van der Waals surface area contributed by atoms with Gasteiger partial charge in [-0.25, -0.2) is 4.98 Å². The molecule has 0 aliphatic heterocycles. The van der Waals surface area contributed by atoms with Crippen molar-refractivity contribution in [2.45, 2.75) is 6.42 Å². The summed E-state index contributed by atoms with van der Waals surface area (Å²) in [6, 6.07) is 3.52. The van der Waals surface area contributed by atoms with Crippen LogP contribution >= 0.6 is 24.2 Å². The molecular weight excluding hydrogens is 234 g/mol. The van der Waals surface area contributed by atoms with Crippen LogP contribution in [0.3, 0.4) is 0 Å². The van der Waals surface area contributed by atoms with Crippen LogP contribution in [0.5, 0.6) is 0 Å². The van der Waals surface area contributed by atoms with E-state index in [4.69, 9.17) is 11.6 Å². The van der Waals surface area contributed by atoms with Gasteiger partial charge in [-0.2, -0.15) is 0 Å². The molecule has 0 radical (unpaired) electrons. The Balaban J connectivity index is 2.84. The molecule has 0 aromatic carbocycles. The van der Waals surface area contributed by atoms with Gasteiger partial charge in [-0.15, -0.1) is 17.5 Å². The van der Waals surface area contributed by atoms with Crippen molar-refractivity contribution in [2.75, 3.05) is 7.05 Å². The molecule has 0 aliphatic carbocycles. The quantitative estimate of drug-likeness (QED) is 0.485. The first-order valence-electron chi connectivity index (χ1n) is 4.21. The Morgan fingerprint density at radius 1 is 1.67 bits per heavy atom. The molecule has 0 aliphatic rings. The molecule has 0 bridgehead atoms. The number of nitroso groups, excluding NO2 is 1. The molecule has 0 amide bonds. The van der Waals surface area contributed by atoms with E-state index in [1.807, 2.05) is 6.07 Å². The number of hydrogen-bond acceptors (Lipinski definition) is 5. The van der Waals surface area contributed by atoms with Crippen LogP contribution in [0.1, 0.15) is 5.56 Å². The van der Waals surface area contributed by atoms with Crippen molar-refractivity contribution in [3.05, 3.63) is 44.7 Å². The van der Waals surface area contributed by atoms with Crippen molar-refractivity contribution in [2.24, 2.45) is 5.18 Å². The topological polar surface area (TPSA) is 54.4 Å². The molecule has 1 aromatic rings. The Morgan fingerprint density at radius 2 is 2.40 bits per heavy atom. The third-order valence-electron chi connectivity index (χ3n) is 1.83. The lowest BCUT2D eigenvalue weighted by molar-refractivity contribution is 0.903. The highest BCUT2D eigenvalue weighted by atomic mass is 35.5. The second-order valence-corrected chi connectivity index (χ2v) is 3.62. The van der Waals surface area contributed by atoms with Gasteiger partial charge in [0.2, 0.25) is 0 Å². The minimum Gasteiger partial charge on any atom is -0.389 e. The number of rotatable bonds is 4. The number of pyridine rings is 1. The van der Waals surface area contributed by atoms with Crippen LogP contribution in [-0.2, 0) is 6.42 Å². The molecule has 1 heterocycles. The minimum absolute atomic E-state index is 0.146. The molecule has 1 rings (SSSR count). The first-order valence-corrected chi connectivity index (χ1v) is 5.03. The van der Waals surface area contributed by atoms with E-state index < -0.39 is 0 Å². The molecule has 0 saturated carbocycles. The Kier molecular flexibility index (Phi) is 4.58. The standard InChI is InChI=1S/C9H10ClN3OS/c1-11-7(9(15)13-14)4-6-2-3-8(10)12-5-6/h2-3,5,11,15H,4H2,1H3/b9-7+. The second-order valence-electron chi connectivity index (χ2n) is 2.81. The molecule has 80 valence electrons. The van der Waals surface area contributed by atoms with Crippen LogP contribution in [-0.4, -0.2) is 12.0 Å². The summed E-state index contributed by atoms with van der Waals surface area (Å²) >= 11 is 9.60. The summed E-state index contributed by atoms with van der Waals surface area (Å²) < 4.78 is 0. The third kappa shape index (κ3) is 3.53. The van der Waals surface area contributed by atoms with Crippen molar-refractivity contribution >= 4 is 24.2 Å². The van der Waals surface area contributed by atoms with Crippen molar-refractivity contribution in [1.29, 1.82) is 0 Å². The Hall–Kier alpha value is -1.07. The highest BCUT2D eigenvalue weighted by Gasteiger charge is 2.04. The summed E-state index contributed by atoms with van der Waals surface area (Å²) in [7, 11) is 1.71. The normalized spacial score (nSPS) is 11.9. The van der Waals surface area contributed by atoms with E-state index >= 15 is 0 Å². The van der Waals surface area contributed by atoms with E-state index in [0.29, 0.717) is 17.3 Å². The van der Waals surface area contributed by atoms with Crippen molar-refractivity contribution in [3.8, 4) is 0 Å². The number of allylic oxidation sites excluding steroid dienone is 1. The smallest absolute Gasteiger partial charge is 0.157 e. The first-order chi connectivity index (χ1) is 7.17. The molecule has 0 unspecified atom stereocenters. The monoisotopic (exact) mass is 243 g/mol. The molecule has 0 fully saturated rings. The van der Waals surface area contributed by atoms with Crippen LogP contribution in [0.4, 0.5) is 0 Å². The van der Waals surface area contributed by atoms with Gasteiger partial charge < -0.3 is 5.32 Å². The minimum atomic E-state index is 0.146. The second kappa shape index (κ2) is 5.72. The molecular formula is C9H10ClN3OS. The highest BCUT2D eigenvalue weighted by molar-refractivity contribution is 7.84. The maximum absolute atomic E-state index is 10.3. The van der Waals surface area contributed by atoms with Gasteiger partial charge in [0.1, 0.15) is 5.15 Å². The SMILES string of the molecule is CN/C(Cc1ccc(Cl)nc1)=C(/S)N=O. The Labute approximate surface area is 98.1 Å². The van der Waals surface area contributed by atoms with Gasteiger partial charge in [0, 0.05) is 19.7 Å². The molecule has 0 spiro atoms. The molecule has 0 saturated heterocycles. The predicted molar refractivity (Wildman–Crippen MR) is 63.8 cm³/mol. The van der Waals surface area contributed by atoms with Gasteiger partial charge in [-0.05, 0) is 16.8 Å². The van der Waals surface area contributed by atoms with E-state index in [1.165, 1.54) is 0 Å². The first kappa shape index (κ1) is 12.0. The maximum atomic E-state index is 10.3. The zero-order chi connectivity index (χ0) is 11.3. The number of nitrogens with one attached hydrogen (secondary N) is 1. The molecule has 6 heteroatoms. The van der Waals surface area contributed by atoms with Gasteiger partial charge in [-0.3, -0.25) is 0 Å². The number of nitrogens with zero attached hydrogens (tertiary/aromatic N) is 2. The van der Waals surface area contributed by atoms with E-state index in [9.17, 15) is 4.91 Å². The van der Waals surface area contributed by atoms with Gasteiger partial charge in [0.05, 0.1) is 5.70 Å². The van der Waals surface area contributed by atoms with E-state index in [-0.39, 0.29) is 5.03 Å². The number of halogens is 1. The lowest BCUT2D eigenvalue weighted by Crippen LogP contribution is -2.10. The fraction of sp³-hybridized carbons (Fsp3) is 0.222. The average molecular weight is 244 g/mol. The van der Waals surface area contributed by atoms with Gasteiger partial charge in [-0.1, -0.05) is 17.7 Å². The Morgan fingerprint density at radius 3 is 2.87 bits per heavy atom. The molecule has 1 N–H and O–H groups in total. The highest BCUT2D eigenvalue weighted by Crippen LogP contribution is 2.14. The van der Waals surface area contributed by atoms with Crippen LogP contribution in [0, 0.1) is 4.91 Å². The summed E-state index contributed by atoms with van der Waals surface area (Å²) in [4.78, 5) is 14.2. The fourth-order valence-electron chi connectivity index (χ4n) is 1.05. The van der Waals surface area contributed by atoms with Crippen molar-refractivity contribution < 1.29 is 0 Å².